The molecule has 0 saturated heterocycles. The fraction of sp³-hybridized carbons (Fsp3) is 0.333. The summed E-state index contributed by atoms with van der Waals surface area (Å²) in [6, 6.07) is 3.56. The number of aryl methyl sites for hydroxylation is 1. The molecule has 0 aliphatic rings. The molecule has 0 unspecified atom stereocenters. The zero-order valence-corrected chi connectivity index (χ0v) is 8.23. The lowest BCUT2D eigenvalue weighted by Gasteiger charge is -2.07. The first-order chi connectivity index (χ1) is 5.69. The normalized spacial score (nSPS) is 9.92. The first-order valence-corrected chi connectivity index (χ1v) is 4.83. The maximum atomic E-state index is 9.38. The van der Waals surface area contributed by atoms with E-state index in [1.165, 1.54) is 0 Å². The standard InChI is InChI=1S/C9H12O2S/c1-6-4-7(10)8(11-2)5-9(6)12-3/h4-5,10H,1-3H3. The second kappa shape index (κ2) is 3.72. The molecule has 0 bridgehead atoms. The highest BCUT2D eigenvalue weighted by molar-refractivity contribution is 7.98. The Morgan fingerprint density at radius 3 is 2.58 bits per heavy atom. The minimum atomic E-state index is 0.202. The Labute approximate surface area is 76.6 Å². The van der Waals surface area contributed by atoms with Crippen LogP contribution in [0.2, 0.25) is 0 Å². The highest BCUT2D eigenvalue weighted by Crippen LogP contribution is 2.32. The zero-order valence-electron chi connectivity index (χ0n) is 7.42. The van der Waals surface area contributed by atoms with Crippen LogP contribution in [0.5, 0.6) is 11.5 Å². The molecular formula is C9H12O2S. The van der Waals surface area contributed by atoms with E-state index in [1.807, 2.05) is 19.2 Å². The van der Waals surface area contributed by atoms with Gasteiger partial charge in [-0.15, -0.1) is 11.8 Å². The molecular weight excluding hydrogens is 172 g/mol. The minimum Gasteiger partial charge on any atom is -0.504 e. The Balaban J connectivity index is 3.18. The number of benzene rings is 1. The van der Waals surface area contributed by atoms with Crippen LogP contribution in [0.25, 0.3) is 0 Å². The quantitative estimate of drug-likeness (QED) is 0.716. The molecule has 0 spiro atoms. The van der Waals surface area contributed by atoms with Gasteiger partial charge in [0.1, 0.15) is 0 Å². The van der Waals surface area contributed by atoms with Crippen molar-refractivity contribution in [2.24, 2.45) is 0 Å². The molecule has 2 nitrogen and oxygen atoms in total. The Hall–Kier alpha value is -0.830. The first kappa shape index (κ1) is 9.26. The van der Waals surface area contributed by atoms with Crippen LogP contribution in [-0.2, 0) is 0 Å². The summed E-state index contributed by atoms with van der Waals surface area (Å²) in [5.74, 6) is 0.734. The molecule has 12 heavy (non-hydrogen) atoms. The Bertz CT molecular complexity index is 259. The Morgan fingerprint density at radius 1 is 1.42 bits per heavy atom. The maximum Gasteiger partial charge on any atom is 0.161 e. The molecule has 0 aliphatic heterocycles. The molecule has 0 saturated carbocycles. The molecule has 0 aliphatic carbocycles. The van der Waals surface area contributed by atoms with Gasteiger partial charge in [0.15, 0.2) is 11.5 Å². The van der Waals surface area contributed by atoms with Gasteiger partial charge in [0.2, 0.25) is 0 Å². The maximum absolute atomic E-state index is 9.38. The van der Waals surface area contributed by atoms with Crippen LogP contribution in [-0.4, -0.2) is 18.5 Å². The van der Waals surface area contributed by atoms with Crippen molar-refractivity contribution < 1.29 is 9.84 Å². The van der Waals surface area contributed by atoms with Gasteiger partial charge < -0.3 is 9.84 Å². The number of phenolic OH excluding ortho intramolecular Hbond substituents is 1. The fourth-order valence-electron chi connectivity index (χ4n) is 1.04. The van der Waals surface area contributed by atoms with Crippen molar-refractivity contribution in [3.63, 3.8) is 0 Å². The summed E-state index contributed by atoms with van der Waals surface area (Å²) in [6.07, 6.45) is 2.00. The summed E-state index contributed by atoms with van der Waals surface area (Å²) in [6.45, 7) is 1.96. The molecule has 0 heterocycles. The number of aromatic hydroxyl groups is 1. The average molecular weight is 184 g/mol. The lowest BCUT2D eigenvalue weighted by Crippen LogP contribution is -1.86. The van der Waals surface area contributed by atoms with Crippen LogP contribution < -0.4 is 4.74 Å². The van der Waals surface area contributed by atoms with E-state index in [2.05, 4.69) is 0 Å². The van der Waals surface area contributed by atoms with Gasteiger partial charge in [0.25, 0.3) is 0 Å². The van der Waals surface area contributed by atoms with Crippen molar-refractivity contribution in [1.29, 1.82) is 0 Å². The number of ether oxygens (including phenoxy) is 1. The van der Waals surface area contributed by atoms with Crippen LogP contribution in [0.15, 0.2) is 17.0 Å². The molecule has 1 aromatic rings. The van der Waals surface area contributed by atoms with Gasteiger partial charge in [-0.2, -0.15) is 0 Å². The highest BCUT2D eigenvalue weighted by atomic mass is 32.2. The average Bonchev–Trinajstić information content (AvgIpc) is 2.05. The van der Waals surface area contributed by atoms with E-state index in [9.17, 15) is 5.11 Å². The van der Waals surface area contributed by atoms with E-state index in [0.717, 1.165) is 10.5 Å². The van der Waals surface area contributed by atoms with Crippen molar-refractivity contribution in [3.05, 3.63) is 17.7 Å². The van der Waals surface area contributed by atoms with Crippen molar-refractivity contribution in [2.45, 2.75) is 11.8 Å². The van der Waals surface area contributed by atoms with Crippen molar-refractivity contribution in [3.8, 4) is 11.5 Å². The number of hydrogen-bond donors (Lipinski definition) is 1. The predicted molar refractivity (Wildman–Crippen MR) is 51.2 cm³/mol. The van der Waals surface area contributed by atoms with Gasteiger partial charge in [0.05, 0.1) is 7.11 Å². The SMILES string of the molecule is COc1cc(SC)c(C)cc1O. The van der Waals surface area contributed by atoms with Crippen molar-refractivity contribution in [1.82, 2.24) is 0 Å². The number of phenols is 1. The summed E-state index contributed by atoms with van der Waals surface area (Å²) in [7, 11) is 1.55. The molecule has 0 atom stereocenters. The highest BCUT2D eigenvalue weighted by Gasteiger charge is 2.05. The van der Waals surface area contributed by atoms with Gasteiger partial charge in [-0.3, -0.25) is 0 Å². The number of hydrogen-bond acceptors (Lipinski definition) is 3. The number of rotatable bonds is 2. The number of thioether (sulfide) groups is 1. The Kier molecular flexibility index (Phi) is 2.87. The van der Waals surface area contributed by atoms with E-state index in [1.54, 1.807) is 24.9 Å². The first-order valence-electron chi connectivity index (χ1n) is 3.60. The summed E-state index contributed by atoms with van der Waals surface area (Å²) in [5.41, 5.74) is 1.07. The molecule has 0 amide bonds. The second-order valence-electron chi connectivity index (χ2n) is 2.49. The summed E-state index contributed by atoms with van der Waals surface area (Å²) in [5, 5.41) is 9.38. The van der Waals surface area contributed by atoms with E-state index in [-0.39, 0.29) is 5.75 Å². The molecule has 0 radical (unpaired) electrons. The summed E-state index contributed by atoms with van der Waals surface area (Å²) >= 11 is 1.64. The third-order valence-electron chi connectivity index (χ3n) is 1.70. The van der Waals surface area contributed by atoms with E-state index < -0.39 is 0 Å². The zero-order chi connectivity index (χ0) is 9.14. The fourth-order valence-corrected chi connectivity index (χ4v) is 1.64. The second-order valence-corrected chi connectivity index (χ2v) is 3.34. The van der Waals surface area contributed by atoms with Crippen molar-refractivity contribution >= 4 is 11.8 Å². The summed E-state index contributed by atoms with van der Waals surface area (Å²) < 4.78 is 4.98. The lowest BCUT2D eigenvalue weighted by molar-refractivity contribution is 0.372. The molecule has 0 aromatic heterocycles. The molecule has 0 fully saturated rings. The minimum absolute atomic E-state index is 0.202. The van der Waals surface area contributed by atoms with Crippen LogP contribution in [0.1, 0.15) is 5.56 Å². The van der Waals surface area contributed by atoms with E-state index >= 15 is 0 Å². The third-order valence-corrected chi connectivity index (χ3v) is 2.58. The third kappa shape index (κ3) is 1.67. The molecule has 3 heteroatoms. The lowest BCUT2D eigenvalue weighted by atomic mass is 10.2. The van der Waals surface area contributed by atoms with Crippen molar-refractivity contribution in [2.75, 3.05) is 13.4 Å². The topological polar surface area (TPSA) is 29.5 Å². The van der Waals surface area contributed by atoms with Gasteiger partial charge in [-0.05, 0) is 30.9 Å². The van der Waals surface area contributed by atoms with E-state index in [4.69, 9.17) is 4.74 Å². The summed E-state index contributed by atoms with van der Waals surface area (Å²) in [4.78, 5) is 1.13. The smallest absolute Gasteiger partial charge is 0.161 e. The molecule has 1 rings (SSSR count). The largest absolute Gasteiger partial charge is 0.504 e. The van der Waals surface area contributed by atoms with E-state index in [0.29, 0.717) is 5.75 Å². The van der Waals surface area contributed by atoms with Gasteiger partial charge >= 0.3 is 0 Å². The predicted octanol–water partition coefficient (Wildman–Crippen LogP) is 2.43. The van der Waals surface area contributed by atoms with Gasteiger partial charge in [-0.25, -0.2) is 0 Å². The van der Waals surface area contributed by atoms with Crippen LogP contribution in [0.4, 0.5) is 0 Å². The molecule has 66 valence electrons. The van der Waals surface area contributed by atoms with Crippen LogP contribution >= 0.6 is 11.8 Å². The number of methoxy groups -OCH3 is 1. The molecule has 1 N–H and O–H groups in total. The van der Waals surface area contributed by atoms with Gasteiger partial charge in [0, 0.05) is 4.90 Å². The van der Waals surface area contributed by atoms with Crippen LogP contribution in [0.3, 0.4) is 0 Å². The molecule has 1 aromatic carbocycles. The Morgan fingerprint density at radius 2 is 2.08 bits per heavy atom. The van der Waals surface area contributed by atoms with Gasteiger partial charge in [-0.1, -0.05) is 0 Å². The van der Waals surface area contributed by atoms with Crippen LogP contribution in [0, 0.1) is 6.92 Å². The monoisotopic (exact) mass is 184 g/mol.